The van der Waals surface area contributed by atoms with E-state index in [9.17, 15) is 0 Å². The van der Waals surface area contributed by atoms with Crippen molar-refractivity contribution in [1.29, 1.82) is 0 Å². The third kappa shape index (κ3) is 1.60. The highest BCUT2D eigenvalue weighted by atomic mass is 16.3. The zero-order valence-electron chi connectivity index (χ0n) is 10.4. The Morgan fingerprint density at radius 1 is 1.00 bits per heavy atom. The molecule has 0 aliphatic carbocycles. The molecule has 0 radical (unpaired) electrons. The first-order valence-electron chi connectivity index (χ1n) is 5.88. The summed E-state index contributed by atoms with van der Waals surface area (Å²) in [7, 11) is 0. The van der Waals surface area contributed by atoms with Crippen molar-refractivity contribution in [3.8, 4) is 0 Å². The number of rotatable bonds is 0. The molecular weight excluding hydrogens is 210 g/mol. The van der Waals surface area contributed by atoms with E-state index in [-0.39, 0.29) is 5.54 Å². The monoisotopic (exact) mass is 226 g/mol. The van der Waals surface area contributed by atoms with Crippen molar-refractivity contribution in [2.24, 2.45) is 0 Å². The van der Waals surface area contributed by atoms with Crippen LogP contribution >= 0.6 is 0 Å². The fourth-order valence-corrected chi connectivity index (χ4v) is 2.18. The summed E-state index contributed by atoms with van der Waals surface area (Å²) >= 11 is 0. The van der Waals surface area contributed by atoms with Gasteiger partial charge >= 0.3 is 6.39 Å². The largest absolute Gasteiger partial charge is 0.404 e. The van der Waals surface area contributed by atoms with E-state index >= 15 is 0 Å². The third-order valence-electron chi connectivity index (χ3n) is 3.09. The van der Waals surface area contributed by atoms with Crippen molar-refractivity contribution in [1.82, 2.24) is 0 Å². The van der Waals surface area contributed by atoms with Crippen molar-refractivity contribution >= 4 is 21.9 Å². The Morgan fingerprint density at radius 3 is 2.29 bits per heavy atom. The van der Waals surface area contributed by atoms with Crippen LogP contribution in [0.5, 0.6) is 0 Å². The van der Waals surface area contributed by atoms with Gasteiger partial charge in [-0.05, 0) is 16.8 Å². The van der Waals surface area contributed by atoms with E-state index in [1.807, 2.05) is 6.39 Å². The minimum absolute atomic E-state index is 0.0354. The van der Waals surface area contributed by atoms with Gasteiger partial charge in [-0.25, -0.2) is 0 Å². The van der Waals surface area contributed by atoms with Gasteiger partial charge in [0.25, 0.3) is 5.52 Å². The number of nitrogens with zero attached hydrogens (tertiary/aromatic N) is 1. The molecule has 2 heteroatoms. The van der Waals surface area contributed by atoms with E-state index in [0.29, 0.717) is 0 Å². The fourth-order valence-electron chi connectivity index (χ4n) is 2.18. The average Bonchev–Trinajstić information content (AvgIpc) is 2.68. The smallest absolute Gasteiger partial charge is 0.335 e. The molecule has 0 N–H and O–H groups in total. The maximum Gasteiger partial charge on any atom is 0.335 e. The summed E-state index contributed by atoms with van der Waals surface area (Å²) in [5.74, 6) is 0. The van der Waals surface area contributed by atoms with Crippen LogP contribution in [0.25, 0.3) is 21.9 Å². The molecule has 0 bridgehead atoms. The number of hydrogen-bond acceptors (Lipinski definition) is 1. The molecule has 17 heavy (non-hydrogen) atoms. The van der Waals surface area contributed by atoms with E-state index in [4.69, 9.17) is 4.42 Å². The maximum atomic E-state index is 5.65. The maximum absolute atomic E-state index is 5.65. The summed E-state index contributed by atoms with van der Waals surface area (Å²) in [6.45, 7) is 6.53. The second-order valence-corrected chi connectivity index (χ2v) is 5.43. The molecule has 0 unspecified atom stereocenters. The predicted octanol–water partition coefficient (Wildman–Crippen LogP) is 3.63. The van der Waals surface area contributed by atoms with Crippen LogP contribution in [0.4, 0.5) is 0 Å². The van der Waals surface area contributed by atoms with Gasteiger partial charge in [0.1, 0.15) is 0 Å². The average molecular weight is 226 g/mol. The van der Waals surface area contributed by atoms with E-state index < -0.39 is 0 Å². The van der Waals surface area contributed by atoms with Crippen LogP contribution in [0, 0.1) is 0 Å². The first-order valence-corrected chi connectivity index (χ1v) is 5.88. The Bertz CT molecular complexity index is 689. The molecule has 0 saturated carbocycles. The lowest BCUT2D eigenvalue weighted by Crippen LogP contribution is -2.48. The fraction of sp³-hybridized carbons (Fsp3) is 0.267. The standard InChI is InChI=1S/C15H16NO/c1-15(2,3)16-10-17-14-9-12-7-5-4-6-11(12)8-13(14)16/h4-10H,1-3H3/q+1. The number of benzene rings is 2. The quantitative estimate of drug-likeness (QED) is 0.535. The Hall–Kier alpha value is -1.83. The molecule has 0 saturated heterocycles. The van der Waals surface area contributed by atoms with Gasteiger partial charge in [0.2, 0.25) is 5.58 Å². The first-order chi connectivity index (χ1) is 8.05. The highest BCUT2D eigenvalue weighted by Crippen LogP contribution is 2.22. The van der Waals surface area contributed by atoms with Crippen LogP contribution in [0.15, 0.2) is 47.2 Å². The second-order valence-electron chi connectivity index (χ2n) is 5.43. The lowest BCUT2D eigenvalue weighted by atomic mass is 10.1. The van der Waals surface area contributed by atoms with Gasteiger partial charge in [-0.2, -0.15) is 4.57 Å². The van der Waals surface area contributed by atoms with Gasteiger partial charge in [-0.1, -0.05) is 24.3 Å². The van der Waals surface area contributed by atoms with Gasteiger partial charge in [0, 0.05) is 26.8 Å². The Labute approximate surface area is 100 Å². The SMILES string of the molecule is CC(C)(C)[n+]1coc2cc3ccccc3cc21. The van der Waals surface area contributed by atoms with Crippen LogP contribution in [0.3, 0.4) is 0 Å². The highest BCUT2D eigenvalue weighted by Gasteiger charge is 2.27. The zero-order chi connectivity index (χ0) is 12.0. The van der Waals surface area contributed by atoms with Crippen LogP contribution in [0.1, 0.15) is 20.8 Å². The number of aromatic nitrogens is 1. The van der Waals surface area contributed by atoms with Crippen molar-refractivity contribution in [2.75, 3.05) is 0 Å². The van der Waals surface area contributed by atoms with Gasteiger partial charge in [-0.3, -0.25) is 0 Å². The summed E-state index contributed by atoms with van der Waals surface area (Å²) in [6.07, 6.45) is 1.81. The lowest BCUT2D eigenvalue weighted by molar-refractivity contribution is -0.734. The summed E-state index contributed by atoms with van der Waals surface area (Å²) in [6, 6.07) is 12.7. The van der Waals surface area contributed by atoms with Crippen LogP contribution < -0.4 is 4.57 Å². The van der Waals surface area contributed by atoms with E-state index in [2.05, 4.69) is 61.7 Å². The first kappa shape index (κ1) is 10.3. The van der Waals surface area contributed by atoms with Crippen LogP contribution in [0.2, 0.25) is 0 Å². The van der Waals surface area contributed by atoms with Crippen molar-refractivity contribution in [2.45, 2.75) is 26.3 Å². The van der Waals surface area contributed by atoms with Crippen molar-refractivity contribution in [3.05, 3.63) is 42.8 Å². The molecule has 0 amide bonds. The number of fused-ring (bicyclic) bond motifs is 2. The minimum atomic E-state index is 0.0354. The van der Waals surface area contributed by atoms with Crippen molar-refractivity contribution < 1.29 is 8.98 Å². The van der Waals surface area contributed by atoms with Gasteiger partial charge < -0.3 is 4.42 Å². The highest BCUT2D eigenvalue weighted by molar-refractivity contribution is 5.92. The number of oxazole rings is 1. The molecular formula is C15H16NO+. The molecule has 3 aromatic rings. The third-order valence-corrected chi connectivity index (χ3v) is 3.09. The molecule has 86 valence electrons. The molecule has 2 aromatic carbocycles. The minimum Gasteiger partial charge on any atom is -0.404 e. The predicted molar refractivity (Wildman–Crippen MR) is 68.9 cm³/mol. The topological polar surface area (TPSA) is 17.0 Å². The van der Waals surface area contributed by atoms with E-state index in [1.165, 1.54) is 10.8 Å². The molecule has 0 aliphatic heterocycles. The zero-order valence-corrected chi connectivity index (χ0v) is 10.4. The molecule has 0 aliphatic rings. The Kier molecular flexibility index (Phi) is 2.02. The summed E-state index contributed by atoms with van der Waals surface area (Å²) < 4.78 is 7.82. The van der Waals surface area contributed by atoms with E-state index in [1.54, 1.807) is 0 Å². The van der Waals surface area contributed by atoms with Gasteiger partial charge in [0.15, 0.2) is 5.54 Å². The van der Waals surface area contributed by atoms with Gasteiger partial charge in [0.05, 0.1) is 0 Å². The molecule has 0 fully saturated rings. The number of hydrogen-bond donors (Lipinski definition) is 0. The molecule has 1 heterocycles. The Balaban J connectivity index is 2.39. The molecule has 0 atom stereocenters. The Morgan fingerprint density at radius 2 is 1.65 bits per heavy atom. The molecule has 2 nitrogen and oxygen atoms in total. The molecule has 1 aromatic heterocycles. The van der Waals surface area contributed by atoms with Crippen LogP contribution in [-0.2, 0) is 5.54 Å². The molecule has 0 spiro atoms. The summed E-state index contributed by atoms with van der Waals surface area (Å²) in [5.41, 5.74) is 2.13. The summed E-state index contributed by atoms with van der Waals surface area (Å²) in [4.78, 5) is 0. The van der Waals surface area contributed by atoms with Crippen molar-refractivity contribution in [3.63, 3.8) is 0 Å². The van der Waals surface area contributed by atoms with E-state index in [0.717, 1.165) is 11.1 Å². The lowest BCUT2D eigenvalue weighted by Gasteiger charge is -2.09. The van der Waals surface area contributed by atoms with Gasteiger partial charge in [-0.15, -0.1) is 0 Å². The normalized spacial score (nSPS) is 12.4. The second kappa shape index (κ2) is 3.33. The van der Waals surface area contributed by atoms with Crippen LogP contribution in [-0.4, -0.2) is 0 Å². The summed E-state index contributed by atoms with van der Waals surface area (Å²) in [5, 5.41) is 2.47. The molecule has 3 rings (SSSR count).